The zero-order valence-electron chi connectivity index (χ0n) is 19.1. The molecule has 5 rings (SSSR count). The standard InChI is InChI=1S/C25H24FN5O4/c1-15(32)27-12-19-13-31(25(34)35-19)18-3-4-20(21(26)11-18)16-6-8-30(9-7-16)24(33)17-2-5-22-23(10-17)29-14-28-22/h2-6,10-11,14,19H,7-9,12-13H2,1H3,(H,27,32)(H,28,29)/t19-/m0/s1. The van der Waals surface area contributed by atoms with Gasteiger partial charge < -0.3 is 19.9 Å². The SMILES string of the molecule is CC(=O)NC[C@H]1CN(c2ccc(C3=CCN(C(=O)c4ccc5nc[nH]c5c4)CC3)c(F)c2)C(=O)O1. The van der Waals surface area contributed by atoms with E-state index in [9.17, 15) is 14.4 Å². The van der Waals surface area contributed by atoms with Crippen LogP contribution in [0.15, 0.2) is 48.8 Å². The van der Waals surface area contributed by atoms with Gasteiger partial charge in [0.15, 0.2) is 0 Å². The van der Waals surface area contributed by atoms with E-state index in [1.165, 1.54) is 17.9 Å². The second-order valence-corrected chi connectivity index (χ2v) is 8.58. The Morgan fingerprint density at radius 2 is 2.11 bits per heavy atom. The molecule has 0 spiro atoms. The largest absolute Gasteiger partial charge is 0.442 e. The average Bonchev–Trinajstić information content (AvgIpc) is 3.48. The number of benzene rings is 2. The summed E-state index contributed by atoms with van der Waals surface area (Å²) in [5, 5.41) is 2.62. The van der Waals surface area contributed by atoms with Gasteiger partial charge in [0.1, 0.15) is 11.9 Å². The first kappa shape index (κ1) is 22.6. The first-order valence-electron chi connectivity index (χ1n) is 11.3. The van der Waals surface area contributed by atoms with Crippen molar-refractivity contribution in [2.75, 3.05) is 31.1 Å². The lowest BCUT2D eigenvalue weighted by atomic mass is 9.98. The number of imidazole rings is 1. The van der Waals surface area contributed by atoms with E-state index in [0.717, 1.165) is 16.6 Å². The average molecular weight is 477 g/mol. The Morgan fingerprint density at radius 1 is 1.26 bits per heavy atom. The maximum Gasteiger partial charge on any atom is 0.414 e. The molecule has 0 saturated carbocycles. The second-order valence-electron chi connectivity index (χ2n) is 8.58. The van der Waals surface area contributed by atoms with Gasteiger partial charge in [0.2, 0.25) is 5.91 Å². The predicted octanol–water partition coefficient (Wildman–Crippen LogP) is 3.09. The number of ether oxygens (including phenoxy) is 1. The third kappa shape index (κ3) is 4.59. The molecule has 35 heavy (non-hydrogen) atoms. The zero-order valence-corrected chi connectivity index (χ0v) is 19.1. The molecular formula is C25H24FN5O4. The molecule has 2 aliphatic heterocycles. The maximum atomic E-state index is 15.0. The molecule has 1 saturated heterocycles. The van der Waals surface area contributed by atoms with Crippen molar-refractivity contribution in [1.82, 2.24) is 20.2 Å². The van der Waals surface area contributed by atoms with Gasteiger partial charge in [-0.05, 0) is 48.4 Å². The number of aromatic nitrogens is 2. The number of carbonyl (C=O) groups excluding carboxylic acids is 3. The van der Waals surface area contributed by atoms with Gasteiger partial charge in [0.25, 0.3) is 5.91 Å². The summed E-state index contributed by atoms with van der Waals surface area (Å²) in [6.45, 7) is 2.66. The summed E-state index contributed by atoms with van der Waals surface area (Å²) >= 11 is 0. The molecule has 10 heteroatoms. The first-order chi connectivity index (χ1) is 16.9. The van der Waals surface area contributed by atoms with E-state index in [-0.39, 0.29) is 24.9 Å². The van der Waals surface area contributed by atoms with Gasteiger partial charge in [0, 0.05) is 31.1 Å². The molecule has 0 radical (unpaired) electrons. The highest BCUT2D eigenvalue weighted by molar-refractivity contribution is 5.98. The summed E-state index contributed by atoms with van der Waals surface area (Å²) in [5.41, 5.74) is 3.82. The molecule has 1 fully saturated rings. The Balaban J connectivity index is 1.26. The fourth-order valence-corrected chi connectivity index (χ4v) is 4.38. The highest BCUT2D eigenvalue weighted by Crippen LogP contribution is 2.30. The van der Waals surface area contributed by atoms with Crippen LogP contribution in [0, 0.1) is 5.82 Å². The van der Waals surface area contributed by atoms with Gasteiger partial charge >= 0.3 is 6.09 Å². The number of fused-ring (bicyclic) bond motifs is 1. The summed E-state index contributed by atoms with van der Waals surface area (Å²) in [6.07, 6.45) is 2.89. The van der Waals surface area contributed by atoms with Gasteiger partial charge in [0.05, 0.1) is 36.1 Å². The van der Waals surface area contributed by atoms with E-state index < -0.39 is 18.0 Å². The fourth-order valence-electron chi connectivity index (χ4n) is 4.38. The number of hydrogen-bond donors (Lipinski definition) is 2. The molecule has 1 atom stereocenters. The van der Waals surface area contributed by atoms with Crippen LogP contribution >= 0.6 is 0 Å². The lowest BCUT2D eigenvalue weighted by Crippen LogP contribution is -2.34. The molecule has 2 aliphatic rings. The minimum absolute atomic E-state index is 0.0889. The number of nitrogens with one attached hydrogen (secondary N) is 2. The van der Waals surface area contributed by atoms with Crippen molar-refractivity contribution in [3.63, 3.8) is 0 Å². The molecule has 2 N–H and O–H groups in total. The molecule has 2 aromatic carbocycles. The van der Waals surface area contributed by atoms with Gasteiger partial charge in [-0.3, -0.25) is 14.5 Å². The van der Waals surface area contributed by atoms with Crippen molar-refractivity contribution in [2.45, 2.75) is 19.4 Å². The Kier molecular flexibility index (Phi) is 5.94. The van der Waals surface area contributed by atoms with Crippen molar-refractivity contribution < 1.29 is 23.5 Å². The van der Waals surface area contributed by atoms with Crippen LogP contribution in [0.3, 0.4) is 0 Å². The molecule has 9 nitrogen and oxygen atoms in total. The van der Waals surface area contributed by atoms with Gasteiger partial charge in [-0.25, -0.2) is 14.2 Å². The van der Waals surface area contributed by atoms with E-state index in [2.05, 4.69) is 15.3 Å². The van der Waals surface area contributed by atoms with Gasteiger partial charge in [-0.1, -0.05) is 6.08 Å². The lowest BCUT2D eigenvalue weighted by Gasteiger charge is -2.27. The quantitative estimate of drug-likeness (QED) is 0.587. The summed E-state index contributed by atoms with van der Waals surface area (Å²) in [5.74, 6) is -0.750. The number of anilines is 1. The van der Waals surface area contributed by atoms with Crippen molar-refractivity contribution in [3.05, 3.63) is 65.7 Å². The Morgan fingerprint density at radius 3 is 2.86 bits per heavy atom. The number of nitrogens with zero attached hydrogens (tertiary/aromatic N) is 3. The van der Waals surface area contributed by atoms with Crippen LogP contribution in [0.25, 0.3) is 16.6 Å². The summed E-state index contributed by atoms with van der Waals surface area (Å²) in [6, 6.07) is 9.99. The Labute approximate surface area is 200 Å². The van der Waals surface area contributed by atoms with Gasteiger partial charge in [-0.2, -0.15) is 0 Å². The molecule has 1 aromatic heterocycles. The molecule has 0 aliphatic carbocycles. The zero-order chi connectivity index (χ0) is 24.5. The smallest absolute Gasteiger partial charge is 0.414 e. The monoisotopic (exact) mass is 477 g/mol. The number of H-pyrrole nitrogens is 1. The molecule has 180 valence electrons. The number of cyclic esters (lactones) is 1. The van der Waals surface area contributed by atoms with E-state index in [1.54, 1.807) is 41.6 Å². The number of hydrogen-bond acceptors (Lipinski definition) is 5. The minimum atomic E-state index is -0.577. The minimum Gasteiger partial charge on any atom is -0.442 e. The maximum absolute atomic E-state index is 15.0. The van der Waals surface area contributed by atoms with Crippen LogP contribution in [-0.2, 0) is 9.53 Å². The van der Waals surface area contributed by atoms with Crippen LogP contribution in [0.1, 0.15) is 29.3 Å². The summed E-state index contributed by atoms with van der Waals surface area (Å²) in [7, 11) is 0. The molecule has 0 bridgehead atoms. The van der Waals surface area contributed by atoms with Crippen LogP contribution in [0.5, 0.6) is 0 Å². The normalized spacial score (nSPS) is 17.9. The van der Waals surface area contributed by atoms with Gasteiger partial charge in [-0.15, -0.1) is 0 Å². The van der Waals surface area contributed by atoms with E-state index in [0.29, 0.717) is 36.3 Å². The van der Waals surface area contributed by atoms with Crippen molar-refractivity contribution in [2.24, 2.45) is 0 Å². The highest BCUT2D eigenvalue weighted by Gasteiger charge is 2.33. The molecule has 3 heterocycles. The van der Waals surface area contributed by atoms with E-state index in [1.807, 2.05) is 6.08 Å². The van der Waals surface area contributed by atoms with Crippen LogP contribution in [0.2, 0.25) is 0 Å². The number of aromatic amines is 1. The number of rotatable bonds is 5. The van der Waals surface area contributed by atoms with Crippen molar-refractivity contribution >= 4 is 40.2 Å². The predicted molar refractivity (Wildman–Crippen MR) is 127 cm³/mol. The van der Waals surface area contributed by atoms with Crippen LogP contribution < -0.4 is 10.2 Å². The third-order valence-corrected chi connectivity index (χ3v) is 6.23. The van der Waals surface area contributed by atoms with Crippen molar-refractivity contribution in [3.8, 4) is 0 Å². The Bertz CT molecular complexity index is 1350. The highest BCUT2D eigenvalue weighted by atomic mass is 19.1. The molecular weight excluding hydrogens is 453 g/mol. The second kappa shape index (κ2) is 9.21. The molecule has 3 amide bonds. The number of carbonyl (C=O) groups is 3. The topological polar surface area (TPSA) is 108 Å². The first-order valence-corrected chi connectivity index (χ1v) is 11.3. The van der Waals surface area contributed by atoms with Crippen LogP contribution in [-0.4, -0.2) is 65.1 Å². The Hall–Kier alpha value is -4.21. The van der Waals surface area contributed by atoms with Crippen LogP contribution in [0.4, 0.5) is 14.9 Å². The van der Waals surface area contributed by atoms with Crippen molar-refractivity contribution in [1.29, 1.82) is 0 Å². The lowest BCUT2D eigenvalue weighted by molar-refractivity contribution is -0.119. The fraction of sp³-hybridized carbons (Fsp3) is 0.280. The van der Waals surface area contributed by atoms with E-state index >= 15 is 4.39 Å². The number of amides is 3. The summed E-state index contributed by atoms with van der Waals surface area (Å²) < 4.78 is 20.3. The molecule has 3 aromatic rings. The third-order valence-electron chi connectivity index (χ3n) is 6.23. The molecule has 0 unspecified atom stereocenters. The summed E-state index contributed by atoms with van der Waals surface area (Å²) in [4.78, 5) is 46.5. The van der Waals surface area contributed by atoms with E-state index in [4.69, 9.17) is 4.74 Å². The number of halogens is 1.